The van der Waals surface area contributed by atoms with Crippen LogP contribution in [0.3, 0.4) is 0 Å². The molecule has 2 aliphatic heterocycles. The maximum Gasteiger partial charge on any atom is 0.157 e. The first-order valence-electron chi connectivity index (χ1n) is 10.9. The average molecular weight is 430 g/mol. The number of likely N-dealkylation sites (tertiary alicyclic amines) is 1. The molecule has 32 heavy (non-hydrogen) atoms. The summed E-state index contributed by atoms with van der Waals surface area (Å²) in [6, 6.07) is 8.60. The number of hydrogen-bond acceptors (Lipinski definition) is 6. The Morgan fingerprint density at radius 2 is 1.66 bits per heavy atom. The van der Waals surface area contributed by atoms with Crippen LogP contribution in [0.5, 0.6) is 0 Å². The Bertz CT molecular complexity index is 1270. The highest BCUT2D eigenvalue weighted by atomic mass is 19.1. The van der Waals surface area contributed by atoms with E-state index in [-0.39, 0.29) is 5.82 Å². The summed E-state index contributed by atoms with van der Waals surface area (Å²) in [5, 5.41) is 13.0. The normalized spacial score (nSPS) is 20.9. The monoisotopic (exact) mass is 429 g/mol. The Labute approximate surface area is 185 Å². The standard InChI is InChI=1S/C24H24FN7/c1-15-22(16-3-5-20(25)6-4-16)24(31-13-18-11-30(2)12-19(18)14-31)29-32-21(10-26-23(15)32)17-7-8-27-28-9-17/h3-10,18-19H,11-14H2,1-2H3. The molecular formula is C24H24FN7. The van der Waals surface area contributed by atoms with Crippen LogP contribution in [-0.2, 0) is 0 Å². The number of fused-ring (bicyclic) bond motifs is 2. The largest absolute Gasteiger partial charge is 0.354 e. The summed E-state index contributed by atoms with van der Waals surface area (Å²) in [7, 11) is 2.20. The van der Waals surface area contributed by atoms with E-state index in [0.29, 0.717) is 11.8 Å². The lowest BCUT2D eigenvalue weighted by molar-refractivity contribution is 0.386. The molecule has 8 heteroatoms. The van der Waals surface area contributed by atoms with Gasteiger partial charge in [0.15, 0.2) is 11.5 Å². The lowest BCUT2D eigenvalue weighted by Gasteiger charge is -2.24. The molecule has 1 aromatic carbocycles. The second kappa shape index (κ2) is 7.34. The summed E-state index contributed by atoms with van der Waals surface area (Å²) in [6.07, 6.45) is 5.23. The molecule has 0 saturated carbocycles. The van der Waals surface area contributed by atoms with Gasteiger partial charge in [0.2, 0.25) is 0 Å². The van der Waals surface area contributed by atoms with E-state index in [1.165, 1.54) is 12.1 Å². The SMILES string of the molecule is Cc1c(-c2ccc(F)cc2)c(N2CC3CN(C)CC3C2)nn2c(-c3ccnnc3)cnc12. The van der Waals surface area contributed by atoms with Crippen molar-refractivity contribution in [1.29, 1.82) is 0 Å². The van der Waals surface area contributed by atoms with Crippen molar-refractivity contribution in [3.63, 3.8) is 0 Å². The predicted molar refractivity (Wildman–Crippen MR) is 121 cm³/mol. The molecule has 162 valence electrons. The van der Waals surface area contributed by atoms with E-state index in [9.17, 15) is 4.39 Å². The van der Waals surface area contributed by atoms with Crippen molar-refractivity contribution in [1.82, 2.24) is 29.7 Å². The van der Waals surface area contributed by atoms with Crippen LogP contribution in [-0.4, -0.2) is 62.9 Å². The second-order valence-corrected chi connectivity index (χ2v) is 8.99. The number of benzene rings is 1. The van der Waals surface area contributed by atoms with Gasteiger partial charge >= 0.3 is 0 Å². The molecule has 2 saturated heterocycles. The molecule has 2 atom stereocenters. The number of aryl methyl sites for hydroxylation is 1. The molecule has 7 nitrogen and oxygen atoms in total. The van der Waals surface area contributed by atoms with Gasteiger partial charge in [-0.3, -0.25) is 0 Å². The average Bonchev–Trinajstić information content (AvgIpc) is 3.48. The molecule has 2 unspecified atom stereocenters. The topological polar surface area (TPSA) is 62.5 Å². The molecule has 0 aliphatic carbocycles. The van der Waals surface area contributed by atoms with Gasteiger partial charge in [-0.15, -0.1) is 5.10 Å². The second-order valence-electron chi connectivity index (χ2n) is 8.99. The molecule has 0 spiro atoms. The van der Waals surface area contributed by atoms with E-state index in [2.05, 4.69) is 39.0 Å². The van der Waals surface area contributed by atoms with Gasteiger partial charge in [0, 0.05) is 42.9 Å². The van der Waals surface area contributed by atoms with E-state index in [4.69, 9.17) is 5.10 Å². The fourth-order valence-corrected chi connectivity index (χ4v) is 5.35. The van der Waals surface area contributed by atoms with Crippen LogP contribution < -0.4 is 4.90 Å². The maximum atomic E-state index is 13.7. The zero-order valence-corrected chi connectivity index (χ0v) is 18.1. The zero-order valence-electron chi connectivity index (χ0n) is 18.1. The Balaban J connectivity index is 1.54. The highest BCUT2D eigenvalue weighted by Gasteiger charge is 2.40. The van der Waals surface area contributed by atoms with Crippen molar-refractivity contribution in [2.24, 2.45) is 11.8 Å². The fraction of sp³-hybridized carbons (Fsp3) is 0.333. The molecule has 4 aromatic rings. The number of nitrogens with zero attached hydrogens (tertiary/aromatic N) is 7. The summed E-state index contributed by atoms with van der Waals surface area (Å²) in [5.74, 6) is 1.98. The number of anilines is 1. The third kappa shape index (κ3) is 3.05. The van der Waals surface area contributed by atoms with Crippen molar-refractivity contribution < 1.29 is 4.39 Å². The minimum atomic E-state index is -0.242. The van der Waals surface area contributed by atoms with E-state index < -0.39 is 0 Å². The fourth-order valence-electron chi connectivity index (χ4n) is 5.35. The molecule has 2 fully saturated rings. The molecule has 2 aliphatic rings. The number of imidazole rings is 1. The third-order valence-corrected chi connectivity index (χ3v) is 6.85. The lowest BCUT2D eigenvalue weighted by Crippen LogP contribution is -2.28. The van der Waals surface area contributed by atoms with E-state index in [1.807, 2.05) is 28.9 Å². The minimum absolute atomic E-state index is 0.242. The highest BCUT2D eigenvalue weighted by molar-refractivity contribution is 5.84. The van der Waals surface area contributed by atoms with Gasteiger partial charge in [-0.2, -0.15) is 10.2 Å². The zero-order chi connectivity index (χ0) is 21.8. The smallest absolute Gasteiger partial charge is 0.157 e. The van der Waals surface area contributed by atoms with Crippen LogP contribution >= 0.6 is 0 Å². The molecule has 0 bridgehead atoms. The first-order valence-corrected chi connectivity index (χ1v) is 10.9. The quantitative estimate of drug-likeness (QED) is 0.498. The minimum Gasteiger partial charge on any atom is -0.354 e. The third-order valence-electron chi connectivity index (χ3n) is 6.85. The van der Waals surface area contributed by atoms with Gasteiger partial charge in [0.1, 0.15) is 5.82 Å². The lowest BCUT2D eigenvalue weighted by atomic mass is 10.0. The summed E-state index contributed by atoms with van der Waals surface area (Å²) in [5.41, 5.74) is 5.60. The summed E-state index contributed by atoms with van der Waals surface area (Å²) in [4.78, 5) is 9.51. The van der Waals surface area contributed by atoms with Crippen LogP contribution in [0.1, 0.15) is 5.56 Å². The van der Waals surface area contributed by atoms with Crippen molar-refractivity contribution in [2.45, 2.75) is 6.92 Å². The summed E-state index contributed by atoms with van der Waals surface area (Å²) < 4.78 is 15.6. The predicted octanol–water partition coefficient (Wildman–Crippen LogP) is 3.30. The van der Waals surface area contributed by atoms with E-state index in [0.717, 1.165) is 65.6 Å². The number of rotatable bonds is 3. The molecular weight excluding hydrogens is 405 g/mol. The number of halogens is 1. The van der Waals surface area contributed by atoms with Crippen molar-refractivity contribution >= 4 is 11.5 Å². The van der Waals surface area contributed by atoms with Gasteiger partial charge < -0.3 is 9.80 Å². The number of hydrogen-bond donors (Lipinski definition) is 0. The maximum absolute atomic E-state index is 13.7. The summed E-state index contributed by atoms with van der Waals surface area (Å²) >= 11 is 0. The number of aromatic nitrogens is 5. The van der Waals surface area contributed by atoms with Gasteiger partial charge in [0.25, 0.3) is 0 Å². The Morgan fingerprint density at radius 3 is 2.34 bits per heavy atom. The van der Waals surface area contributed by atoms with Gasteiger partial charge in [0.05, 0.1) is 24.3 Å². The summed E-state index contributed by atoms with van der Waals surface area (Å²) in [6.45, 7) is 6.26. The van der Waals surface area contributed by atoms with Crippen molar-refractivity contribution in [3.05, 3.63) is 60.3 Å². The molecule has 0 amide bonds. The van der Waals surface area contributed by atoms with Crippen LogP contribution in [0.25, 0.3) is 28.0 Å². The molecule has 0 N–H and O–H groups in total. The van der Waals surface area contributed by atoms with E-state index >= 15 is 0 Å². The molecule has 5 heterocycles. The molecule has 3 aromatic heterocycles. The Hall–Kier alpha value is -3.39. The Morgan fingerprint density at radius 1 is 0.906 bits per heavy atom. The Kier molecular flexibility index (Phi) is 4.43. The van der Waals surface area contributed by atoms with Crippen LogP contribution in [0, 0.1) is 24.6 Å². The first kappa shape index (κ1) is 19.3. The van der Waals surface area contributed by atoms with Gasteiger partial charge in [-0.05, 0) is 49.6 Å². The first-order chi connectivity index (χ1) is 15.6. The molecule has 6 rings (SSSR count). The van der Waals surface area contributed by atoms with Crippen LogP contribution in [0.15, 0.2) is 48.9 Å². The van der Waals surface area contributed by atoms with E-state index in [1.54, 1.807) is 12.4 Å². The van der Waals surface area contributed by atoms with Crippen molar-refractivity contribution in [2.75, 3.05) is 38.1 Å². The van der Waals surface area contributed by atoms with Gasteiger partial charge in [-0.25, -0.2) is 13.9 Å². The highest BCUT2D eigenvalue weighted by Crippen LogP contribution is 2.40. The van der Waals surface area contributed by atoms with Crippen LogP contribution in [0.2, 0.25) is 0 Å². The van der Waals surface area contributed by atoms with Crippen LogP contribution in [0.4, 0.5) is 10.2 Å². The van der Waals surface area contributed by atoms with Gasteiger partial charge in [-0.1, -0.05) is 12.1 Å². The van der Waals surface area contributed by atoms with Crippen molar-refractivity contribution in [3.8, 4) is 22.4 Å². The molecule has 0 radical (unpaired) electrons.